The molecule has 0 bridgehead atoms. The minimum atomic E-state index is -1.15. The highest BCUT2D eigenvalue weighted by Crippen LogP contribution is 2.24. The Kier molecular flexibility index (Phi) is 8.10. The highest BCUT2D eigenvalue weighted by molar-refractivity contribution is 6.08. The first-order chi connectivity index (χ1) is 12.4. The monoisotopic (exact) mass is 360 g/mol. The normalized spacial score (nSPS) is 18.5. The number of rotatable bonds is 10. The van der Waals surface area contributed by atoms with E-state index in [1.165, 1.54) is 17.7 Å². The molecule has 2 radical (unpaired) electrons. The van der Waals surface area contributed by atoms with Crippen LogP contribution in [0.1, 0.15) is 44.1 Å². The van der Waals surface area contributed by atoms with Gasteiger partial charge in [-0.25, -0.2) is 4.39 Å². The maximum Gasteiger partial charge on any atom is 0.323 e. The minimum absolute atomic E-state index is 0.196. The number of aliphatic carboxylic acids is 1. The molecule has 0 spiro atoms. The van der Waals surface area contributed by atoms with Crippen LogP contribution in [0, 0.1) is 11.7 Å². The smallest absolute Gasteiger partial charge is 0.323 e. The van der Waals surface area contributed by atoms with Crippen LogP contribution in [-0.2, 0) is 11.2 Å². The van der Waals surface area contributed by atoms with Crippen LogP contribution in [0.15, 0.2) is 24.3 Å². The molecule has 26 heavy (non-hydrogen) atoms. The van der Waals surface area contributed by atoms with Crippen molar-refractivity contribution in [2.24, 2.45) is 11.7 Å². The lowest BCUT2D eigenvalue weighted by Gasteiger charge is -2.34. The summed E-state index contributed by atoms with van der Waals surface area (Å²) in [6, 6.07) is 6.75. The van der Waals surface area contributed by atoms with Crippen molar-refractivity contribution in [3.8, 4) is 0 Å². The predicted molar refractivity (Wildman–Crippen MR) is 103 cm³/mol. The second kappa shape index (κ2) is 10.1. The third-order valence-corrected chi connectivity index (χ3v) is 5.52. The van der Waals surface area contributed by atoms with Gasteiger partial charge in [0.15, 0.2) is 0 Å². The van der Waals surface area contributed by atoms with Gasteiger partial charge >= 0.3 is 5.97 Å². The first kappa shape index (κ1) is 20.9. The summed E-state index contributed by atoms with van der Waals surface area (Å²) in [7, 11) is 5.49. The number of nitrogens with two attached hydrogens (primary N) is 1. The molecule has 1 fully saturated rings. The van der Waals surface area contributed by atoms with E-state index in [-0.39, 0.29) is 5.82 Å². The lowest BCUT2D eigenvalue weighted by Crippen LogP contribution is -2.50. The number of unbranched alkanes of at least 4 members (excludes halogenated alkanes) is 1. The van der Waals surface area contributed by atoms with Gasteiger partial charge in [-0.3, -0.25) is 4.79 Å². The Bertz CT molecular complexity index is 561. The Morgan fingerprint density at radius 2 is 1.88 bits per heavy atom. The first-order valence-electron chi connectivity index (χ1n) is 9.62. The summed E-state index contributed by atoms with van der Waals surface area (Å²) >= 11 is 0. The summed E-state index contributed by atoms with van der Waals surface area (Å²) in [4.78, 5) is 13.9. The van der Waals surface area contributed by atoms with Crippen molar-refractivity contribution in [3.63, 3.8) is 0 Å². The molecule has 1 aromatic rings. The number of likely N-dealkylation sites (tertiary alicyclic amines) is 1. The van der Waals surface area contributed by atoms with E-state index in [0.717, 1.165) is 45.2 Å². The number of nitrogens with zero attached hydrogens (tertiary/aromatic N) is 1. The topological polar surface area (TPSA) is 66.6 Å². The van der Waals surface area contributed by atoms with Crippen LogP contribution in [0.2, 0.25) is 6.32 Å². The van der Waals surface area contributed by atoms with Gasteiger partial charge in [0.05, 0.1) is 7.85 Å². The van der Waals surface area contributed by atoms with E-state index in [2.05, 4.69) is 4.90 Å². The molecule has 0 aliphatic carbocycles. The molecule has 1 aliphatic rings. The first-order valence-corrected chi connectivity index (χ1v) is 9.62. The lowest BCUT2D eigenvalue weighted by atomic mass is 9.87. The zero-order valence-corrected chi connectivity index (χ0v) is 15.5. The van der Waals surface area contributed by atoms with E-state index in [9.17, 15) is 14.3 Å². The zero-order chi connectivity index (χ0) is 19.0. The molecule has 6 heteroatoms. The third-order valence-electron chi connectivity index (χ3n) is 5.52. The van der Waals surface area contributed by atoms with E-state index < -0.39 is 11.5 Å². The van der Waals surface area contributed by atoms with Crippen LogP contribution >= 0.6 is 0 Å². The number of hydrogen-bond donors (Lipinski definition) is 2. The molecule has 1 atom stereocenters. The number of carboxylic acid groups (broad SMARTS) is 1. The highest BCUT2D eigenvalue weighted by atomic mass is 19.1. The Morgan fingerprint density at radius 1 is 1.23 bits per heavy atom. The van der Waals surface area contributed by atoms with E-state index in [0.29, 0.717) is 31.6 Å². The maximum atomic E-state index is 13.0. The summed E-state index contributed by atoms with van der Waals surface area (Å²) < 4.78 is 13.0. The number of carboxylic acids is 1. The summed E-state index contributed by atoms with van der Waals surface area (Å²) in [5, 5.41) is 9.49. The standard InChI is InChI=1S/C20H30BFN2O2/c21-11-2-1-9-20(23,19(25)26)10-14-24-12-7-17(8-13-24)15-16-3-5-18(22)6-4-16/h3-6,17H,1-2,7-15,23H2,(H,25,26). The highest BCUT2D eigenvalue weighted by Gasteiger charge is 2.33. The van der Waals surface area contributed by atoms with Gasteiger partial charge < -0.3 is 15.7 Å². The fourth-order valence-electron chi connectivity index (χ4n) is 3.65. The van der Waals surface area contributed by atoms with Crippen molar-refractivity contribution < 1.29 is 14.3 Å². The maximum absolute atomic E-state index is 13.0. The molecule has 2 rings (SSSR count). The van der Waals surface area contributed by atoms with Crippen molar-refractivity contribution in [2.45, 2.75) is 56.8 Å². The molecule has 1 aliphatic heterocycles. The molecular formula is C20H30BFN2O2. The van der Waals surface area contributed by atoms with Gasteiger partial charge in [-0.2, -0.15) is 0 Å². The summed E-state index contributed by atoms with van der Waals surface area (Å²) in [6.45, 7) is 2.64. The van der Waals surface area contributed by atoms with Crippen LogP contribution in [0.4, 0.5) is 4.39 Å². The Morgan fingerprint density at radius 3 is 2.46 bits per heavy atom. The number of benzene rings is 1. The SMILES string of the molecule is [B]CCCCC(N)(CCN1CCC(Cc2ccc(F)cc2)CC1)C(=O)O. The molecule has 0 amide bonds. The van der Waals surface area contributed by atoms with Gasteiger partial charge in [0.1, 0.15) is 11.4 Å². The second-order valence-electron chi connectivity index (χ2n) is 7.57. The predicted octanol–water partition coefficient (Wildman–Crippen LogP) is 3.01. The molecular weight excluding hydrogens is 330 g/mol. The number of hydrogen-bond acceptors (Lipinski definition) is 3. The van der Waals surface area contributed by atoms with E-state index in [1.54, 1.807) is 0 Å². The quantitative estimate of drug-likeness (QED) is 0.497. The molecule has 1 aromatic carbocycles. The van der Waals surface area contributed by atoms with E-state index in [1.807, 2.05) is 12.1 Å². The van der Waals surface area contributed by atoms with Crippen molar-refractivity contribution in [2.75, 3.05) is 19.6 Å². The number of halogens is 1. The Hall–Kier alpha value is -1.40. The molecule has 0 aromatic heterocycles. The van der Waals surface area contributed by atoms with Crippen molar-refractivity contribution >= 4 is 13.8 Å². The fraction of sp³-hybridized carbons (Fsp3) is 0.650. The van der Waals surface area contributed by atoms with Gasteiger partial charge in [-0.05, 0) is 68.8 Å². The fourth-order valence-corrected chi connectivity index (χ4v) is 3.65. The largest absolute Gasteiger partial charge is 0.480 e. The van der Waals surface area contributed by atoms with Crippen molar-refractivity contribution in [3.05, 3.63) is 35.6 Å². The minimum Gasteiger partial charge on any atom is -0.480 e. The summed E-state index contributed by atoms with van der Waals surface area (Å²) in [5.41, 5.74) is 6.17. The zero-order valence-electron chi connectivity index (χ0n) is 15.5. The molecule has 1 heterocycles. The molecule has 0 saturated carbocycles. The Labute approximate surface area is 157 Å². The van der Waals surface area contributed by atoms with Crippen LogP contribution < -0.4 is 5.73 Å². The van der Waals surface area contributed by atoms with Gasteiger partial charge in [0.25, 0.3) is 0 Å². The average Bonchev–Trinajstić information content (AvgIpc) is 2.63. The van der Waals surface area contributed by atoms with Gasteiger partial charge in [0.2, 0.25) is 0 Å². The molecule has 1 unspecified atom stereocenters. The van der Waals surface area contributed by atoms with Crippen molar-refractivity contribution in [1.82, 2.24) is 4.90 Å². The third kappa shape index (κ3) is 6.40. The number of piperidine rings is 1. The van der Waals surface area contributed by atoms with Gasteiger partial charge in [0, 0.05) is 6.54 Å². The Balaban J connectivity index is 1.74. The van der Waals surface area contributed by atoms with E-state index in [4.69, 9.17) is 13.6 Å². The number of carbonyl (C=O) groups is 1. The van der Waals surface area contributed by atoms with E-state index >= 15 is 0 Å². The van der Waals surface area contributed by atoms with Crippen LogP contribution in [-0.4, -0.2) is 49.0 Å². The second-order valence-corrected chi connectivity index (χ2v) is 7.57. The van der Waals surface area contributed by atoms with Crippen molar-refractivity contribution in [1.29, 1.82) is 0 Å². The van der Waals surface area contributed by atoms with Gasteiger partial charge in [-0.1, -0.05) is 31.3 Å². The van der Waals surface area contributed by atoms with Crippen LogP contribution in [0.25, 0.3) is 0 Å². The lowest BCUT2D eigenvalue weighted by molar-refractivity contribution is -0.144. The average molecular weight is 360 g/mol. The summed E-state index contributed by atoms with van der Waals surface area (Å²) in [6.07, 6.45) is 6.20. The van der Waals surface area contributed by atoms with Crippen LogP contribution in [0.5, 0.6) is 0 Å². The molecule has 1 saturated heterocycles. The molecule has 4 nitrogen and oxygen atoms in total. The van der Waals surface area contributed by atoms with Gasteiger partial charge in [-0.15, -0.1) is 0 Å². The molecule has 142 valence electrons. The van der Waals surface area contributed by atoms with Crippen LogP contribution in [0.3, 0.4) is 0 Å². The molecule has 3 N–H and O–H groups in total. The summed E-state index contributed by atoms with van der Waals surface area (Å²) in [5.74, 6) is -0.511.